The minimum atomic E-state index is -3.56. The Hall–Kier alpha value is -2.84. The summed E-state index contributed by atoms with van der Waals surface area (Å²) in [6.45, 7) is 0.833. The van der Waals surface area contributed by atoms with Crippen LogP contribution < -0.4 is 4.74 Å². The van der Waals surface area contributed by atoms with Crippen LogP contribution in [-0.4, -0.2) is 48.6 Å². The fourth-order valence-corrected chi connectivity index (χ4v) is 5.61. The average Bonchev–Trinajstić information content (AvgIpc) is 3.12. The summed E-state index contributed by atoms with van der Waals surface area (Å²) in [5.41, 5.74) is 1.77. The average molecular weight is 429 g/mol. The first-order valence-electron chi connectivity index (χ1n) is 9.84. The molecule has 0 unspecified atom stereocenters. The van der Waals surface area contributed by atoms with Gasteiger partial charge in [-0.2, -0.15) is 4.31 Å². The van der Waals surface area contributed by atoms with Gasteiger partial charge in [-0.1, -0.05) is 18.2 Å². The number of carbonyl (C=O) groups is 1. The third kappa shape index (κ3) is 3.80. The molecular weight excluding hydrogens is 404 g/mol. The maximum absolute atomic E-state index is 13.0. The number of sulfonamides is 1. The fraction of sp³-hybridized carbons (Fsp3) is 0.318. The van der Waals surface area contributed by atoms with E-state index in [2.05, 4.69) is 4.57 Å². The number of hydrogen-bond donors (Lipinski definition) is 1. The number of nitrogens with zero attached hydrogens (tertiary/aromatic N) is 2. The zero-order valence-electron chi connectivity index (χ0n) is 16.7. The number of fused-ring (bicyclic) bond motifs is 1. The highest BCUT2D eigenvalue weighted by Gasteiger charge is 2.30. The molecule has 2 aromatic carbocycles. The molecular formula is C22H24N2O5S. The SMILES string of the molecule is COc1ccc(S(=O)(=O)N2CCC(n3cc(CC(=O)O)c4ccccc43)CC2)cc1. The van der Waals surface area contributed by atoms with Crippen molar-refractivity contribution >= 4 is 26.9 Å². The monoisotopic (exact) mass is 428 g/mol. The number of para-hydroxylation sites is 1. The van der Waals surface area contributed by atoms with Crippen molar-refractivity contribution in [2.24, 2.45) is 0 Å². The summed E-state index contributed by atoms with van der Waals surface area (Å²) in [7, 11) is -2.01. The Morgan fingerprint density at radius 2 is 1.77 bits per heavy atom. The number of carboxylic acid groups (broad SMARTS) is 1. The Balaban J connectivity index is 1.54. The molecule has 0 aliphatic carbocycles. The number of aromatic nitrogens is 1. The molecule has 8 heteroatoms. The van der Waals surface area contributed by atoms with E-state index in [0.29, 0.717) is 31.7 Å². The standard InChI is InChI=1S/C22H24N2O5S/c1-29-18-6-8-19(9-7-18)30(27,28)23-12-10-17(11-13-23)24-15-16(14-22(25)26)20-4-2-3-5-21(20)24/h2-9,15,17H,10-14H2,1H3,(H,25,26). The molecule has 1 aliphatic heterocycles. The summed E-state index contributed by atoms with van der Waals surface area (Å²) >= 11 is 0. The first-order chi connectivity index (χ1) is 14.4. The van der Waals surface area contributed by atoms with Crippen molar-refractivity contribution in [3.63, 3.8) is 0 Å². The van der Waals surface area contributed by atoms with Gasteiger partial charge in [0.05, 0.1) is 18.4 Å². The van der Waals surface area contributed by atoms with Gasteiger partial charge in [0.2, 0.25) is 10.0 Å². The van der Waals surface area contributed by atoms with Gasteiger partial charge in [0, 0.05) is 36.2 Å². The molecule has 158 valence electrons. The fourth-order valence-electron chi connectivity index (χ4n) is 4.14. The third-order valence-corrected chi connectivity index (χ3v) is 7.59. The Morgan fingerprint density at radius 1 is 1.10 bits per heavy atom. The van der Waals surface area contributed by atoms with E-state index in [9.17, 15) is 18.3 Å². The van der Waals surface area contributed by atoms with Crippen LogP contribution in [0.5, 0.6) is 5.75 Å². The maximum atomic E-state index is 13.0. The molecule has 0 saturated carbocycles. The molecule has 1 fully saturated rings. The van der Waals surface area contributed by atoms with E-state index in [-0.39, 0.29) is 17.4 Å². The van der Waals surface area contributed by atoms with Gasteiger partial charge in [-0.15, -0.1) is 0 Å². The molecule has 7 nitrogen and oxygen atoms in total. The van der Waals surface area contributed by atoms with Gasteiger partial charge in [0.25, 0.3) is 0 Å². The van der Waals surface area contributed by atoms with Crippen molar-refractivity contribution in [2.45, 2.75) is 30.2 Å². The highest BCUT2D eigenvalue weighted by molar-refractivity contribution is 7.89. The third-order valence-electron chi connectivity index (χ3n) is 5.68. The van der Waals surface area contributed by atoms with Crippen molar-refractivity contribution in [2.75, 3.05) is 20.2 Å². The second-order valence-electron chi connectivity index (χ2n) is 7.46. The molecule has 0 bridgehead atoms. The molecule has 30 heavy (non-hydrogen) atoms. The molecule has 0 atom stereocenters. The lowest BCUT2D eigenvalue weighted by Crippen LogP contribution is -2.38. The van der Waals surface area contributed by atoms with Gasteiger partial charge in [0.15, 0.2) is 0 Å². The molecule has 4 rings (SSSR count). The van der Waals surface area contributed by atoms with E-state index in [1.807, 2.05) is 30.5 Å². The first kappa shape index (κ1) is 20.4. The highest BCUT2D eigenvalue weighted by Crippen LogP contribution is 2.32. The van der Waals surface area contributed by atoms with E-state index < -0.39 is 16.0 Å². The lowest BCUT2D eigenvalue weighted by atomic mass is 10.1. The topological polar surface area (TPSA) is 88.8 Å². The van der Waals surface area contributed by atoms with Crippen LogP contribution in [0.3, 0.4) is 0 Å². The summed E-state index contributed by atoms with van der Waals surface area (Å²) in [5.74, 6) is -0.248. The minimum absolute atomic E-state index is 0.0296. The summed E-state index contributed by atoms with van der Waals surface area (Å²) in [6, 6.07) is 14.3. The molecule has 1 aliphatic rings. The van der Waals surface area contributed by atoms with Crippen LogP contribution in [-0.2, 0) is 21.2 Å². The lowest BCUT2D eigenvalue weighted by molar-refractivity contribution is -0.136. The minimum Gasteiger partial charge on any atom is -0.497 e. The van der Waals surface area contributed by atoms with Crippen LogP contribution in [0.1, 0.15) is 24.4 Å². The number of carboxylic acids is 1. The second kappa shape index (κ2) is 8.12. The molecule has 0 spiro atoms. The second-order valence-corrected chi connectivity index (χ2v) is 9.40. The number of ether oxygens (including phenoxy) is 1. The van der Waals surface area contributed by atoms with Crippen LogP contribution in [0.15, 0.2) is 59.6 Å². The molecule has 1 saturated heterocycles. The largest absolute Gasteiger partial charge is 0.497 e. The highest BCUT2D eigenvalue weighted by atomic mass is 32.2. The smallest absolute Gasteiger partial charge is 0.307 e. The summed E-state index contributed by atoms with van der Waals surface area (Å²) < 4.78 is 34.7. The summed E-state index contributed by atoms with van der Waals surface area (Å²) in [6.07, 6.45) is 3.22. The molecule has 0 amide bonds. The van der Waals surface area contributed by atoms with Gasteiger partial charge in [0.1, 0.15) is 5.75 Å². The van der Waals surface area contributed by atoms with Crippen LogP contribution in [0.2, 0.25) is 0 Å². The quantitative estimate of drug-likeness (QED) is 0.651. The maximum Gasteiger partial charge on any atom is 0.307 e. The summed E-state index contributed by atoms with van der Waals surface area (Å²) in [4.78, 5) is 11.5. The van der Waals surface area contributed by atoms with Crippen molar-refractivity contribution in [3.05, 3.63) is 60.3 Å². The Bertz CT molecular complexity index is 1160. The number of benzene rings is 2. The van der Waals surface area contributed by atoms with Crippen LogP contribution in [0.4, 0.5) is 0 Å². The van der Waals surface area contributed by atoms with Crippen molar-refractivity contribution in [1.29, 1.82) is 0 Å². The van der Waals surface area contributed by atoms with E-state index >= 15 is 0 Å². The van der Waals surface area contributed by atoms with Gasteiger partial charge in [-0.25, -0.2) is 8.42 Å². The van der Waals surface area contributed by atoms with Gasteiger partial charge >= 0.3 is 5.97 Å². The van der Waals surface area contributed by atoms with E-state index in [0.717, 1.165) is 16.5 Å². The lowest BCUT2D eigenvalue weighted by Gasteiger charge is -2.32. The molecule has 2 heterocycles. The van der Waals surface area contributed by atoms with Gasteiger partial charge in [-0.3, -0.25) is 4.79 Å². The number of methoxy groups -OCH3 is 1. The predicted molar refractivity (Wildman–Crippen MR) is 113 cm³/mol. The van der Waals surface area contributed by atoms with E-state index in [1.165, 1.54) is 4.31 Å². The van der Waals surface area contributed by atoms with Gasteiger partial charge in [-0.05, 0) is 48.7 Å². The first-order valence-corrected chi connectivity index (χ1v) is 11.3. The number of aliphatic carboxylic acids is 1. The van der Waals surface area contributed by atoms with Crippen molar-refractivity contribution < 1.29 is 23.1 Å². The van der Waals surface area contributed by atoms with Crippen molar-refractivity contribution in [3.8, 4) is 5.75 Å². The van der Waals surface area contributed by atoms with Crippen LogP contribution in [0, 0.1) is 0 Å². The van der Waals surface area contributed by atoms with Gasteiger partial charge < -0.3 is 14.4 Å². The normalized spacial score (nSPS) is 16.0. The summed E-state index contributed by atoms with van der Waals surface area (Å²) in [5, 5.41) is 10.2. The number of piperidine rings is 1. The molecule has 3 aromatic rings. The van der Waals surface area contributed by atoms with Crippen LogP contribution in [0.25, 0.3) is 10.9 Å². The zero-order chi connectivity index (χ0) is 21.3. The van der Waals surface area contributed by atoms with E-state index in [4.69, 9.17) is 4.74 Å². The molecule has 0 radical (unpaired) electrons. The Morgan fingerprint density at radius 3 is 2.40 bits per heavy atom. The number of hydrogen-bond acceptors (Lipinski definition) is 4. The Labute approximate surface area is 175 Å². The zero-order valence-corrected chi connectivity index (χ0v) is 17.5. The number of rotatable bonds is 6. The molecule has 1 N–H and O–H groups in total. The predicted octanol–water partition coefficient (Wildman–Crippen LogP) is 3.30. The Kier molecular flexibility index (Phi) is 5.53. The molecule has 1 aromatic heterocycles. The van der Waals surface area contributed by atoms with Crippen molar-refractivity contribution in [1.82, 2.24) is 8.87 Å². The van der Waals surface area contributed by atoms with Crippen LogP contribution >= 0.6 is 0 Å². The van der Waals surface area contributed by atoms with E-state index in [1.54, 1.807) is 31.4 Å².